The van der Waals surface area contributed by atoms with E-state index in [4.69, 9.17) is 6.58 Å². The molecule has 0 saturated carbocycles. The zero-order chi connectivity index (χ0) is 9.07. The Hall–Kier alpha value is -0.780. The summed E-state index contributed by atoms with van der Waals surface area (Å²) in [5.74, 6) is 0. The SMILES string of the molecule is [CH]=CC=CCCCC=CCCC. The molecule has 0 N–H and O–H groups in total. The number of hydrogen-bond donors (Lipinski definition) is 0. The van der Waals surface area contributed by atoms with Crippen molar-refractivity contribution in [3.05, 3.63) is 37.0 Å². The number of hydrogen-bond acceptors (Lipinski definition) is 0. The van der Waals surface area contributed by atoms with Gasteiger partial charge in [0.1, 0.15) is 0 Å². The normalized spacial score (nSPS) is 11.4. The van der Waals surface area contributed by atoms with Crippen LogP contribution >= 0.6 is 0 Å². The molecule has 0 nitrogen and oxygen atoms in total. The van der Waals surface area contributed by atoms with Crippen molar-refractivity contribution in [1.82, 2.24) is 0 Å². The van der Waals surface area contributed by atoms with E-state index in [0.29, 0.717) is 0 Å². The lowest BCUT2D eigenvalue weighted by molar-refractivity contribution is 0.859. The van der Waals surface area contributed by atoms with Crippen molar-refractivity contribution in [3.63, 3.8) is 0 Å². The van der Waals surface area contributed by atoms with Gasteiger partial charge in [-0.3, -0.25) is 0 Å². The molecule has 12 heavy (non-hydrogen) atoms. The Labute approximate surface area is 76.7 Å². The van der Waals surface area contributed by atoms with E-state index >= 15 is 0 Å². The first-order valence-electron chi connectivity index (χ1n) is 4.77. The molecule has 0 atom stereocenters. The predicted octanol–water partition coefficient (Wildman–Crippen LogP) is 4.06. The third-order valence-corrected chi connectivity index (χ3v) is 1.61. The van der Waals surface area contributed by atoms with Gasteiger partial charge in [-0.1, -0.05) is 50.3 Å². The molecule has 0 fully saturated rings. The van der Waals surface area contributed by atoms with Crippen LogP contribution in [-0.4, -0.2) is 0 Å². The molecule has 0 saturated heterocycles. The van der Waals surface area contributed by atoms with Gasteiger partial charge in [0.2, 0.25) is 0 Å². The van der Waals surface area contributed by atoms with Gasteiger partial charge in [0, 0.05) is 0 Å². The Balaban J connectivity index is 3.09. The zero-order valence-corrected chi connectivity index (χ0v) is 8.00. The van der Waals surface area contributed by atoms with Gasteiger partial charge in [-0.15, -0.1) is 0 Å². The maximum absolute atomic E-state index is 5.18. The summed E-state index contributed by atoms with van der Waals surface area (Å²) in [5, 5.41) is 0. The molecule has 0 aromatic carbocycles. The third kappa shape index (κ3) is 9.22. The molecule has 0 aromatic rings. The molecule has 0 bridgehead atoms. The minimum atomic E-state index is 1.13. The highest BCUT2D eigenvalue weighted by atomic mass is 13.9. The van der Waals surface area contributed by atoms with Crippen LogP contribution in [0.1, 0.15) is 39.0 Å². The van der Waals surface area contributed by atoms with Crippen molar-refractivity contribution in [2.24, 2.45) is 0 Å². The lowest BCUT2D eigenvalue weighted by Crippen LogP contribution is -1.69. The Morgan fingerprint density at radius 1 is 1.00 bits per heavy atom. The van der Waals surface area contributed by atoms with Crippen LogP contribution in [0, 0.1) is 6.58 Å². The Morgan fingerprint density at radius 2 is 1.67 bits per heavy atom. The smallest absolute Gasteiger partial charge is 0.0345 e. The standard InChI is InChI=1S/C12H19/c1-3-5-7-9-11-12-10-8-6-4-2/h1,3,5,7-8,10H,4,6,9,11-12H2,2H3. The quantitative estimate of drug-likeness (QED) is 0.301. The van der Waals surface area contributed by atoms with Gasteiger partial charge in [0.15, 0.2) is 0 Å². The minimum Gasteiger partial charge on any atom is -0.0885 e. The Kier molecular flexibility index (Phi) is 9.56. The fraction of sp³-hybridized carbons (Fsp3) is 0.500. The minimum absolute atomic E-state index is 1.13. The van der Waals surface area contributed by atoms with Crippen LogP contribution in [0.4, 0.5) is 0 Å². The van der Waals surface area contributed by atoms with Crippen LogP contribution in [0.5, 0.6) is 0 Å². The summed E-state index contributed by atoms with van der Waals surface area (Å²) >= 11 is 0. The lowest BCUT2D eigenvalue weighted by Gasteiger charge is -1.89. The molecule has 0 heterocycles. The third-order valence-electron chi connectivity index (χ3n) is 1.61. The van der Waals surface area contributed by atoms with E-state index in [1.165, 1.54) is 25.7 Å². The van der Waals surface area contributed by atoms with Crippen molar-refractivity contribution in [3.8, 4) is 0 Å². The molecule has 1 radical (unpaired) electrons. The fourth-order valence-electron chi connectivity index (χ4n) is 0.931. The van der Waals surface area contributed by atoms with Gasteiger partial charge in [-0.05, 0) is 25.7 Å². The average molecular weight is 163 g/mol. The van der Waals surface area contributed by atoms with Crippen molar-refractivity contribution in [2.75, 3.05) is 0 Å². The van der Waals surface area contributed by atoms with Gasteiger partial charge >= 0.3 is 0 Å². The number of rotatable bonds is 7. The number of allylic oxidation sites excluding steroid dienone is 5. The Morgan fingerprint density at radius 3 is 2.33 bits per heavy atom. The molecule has 0 spiro atoms. The first-order valence-corrected chi connectivity index (χ1v) is 4.77. The zero-order valence-electron chi connectivity index (χ0n) is 8.00. The molecule has 0 heteroatoms. The summed E-state index contributed by atoms with van der Waals surface area (Å²) in [7, 11) is 0. The van der Waals surface area contributed by atoms with Crippen molar-refractivity contribution < 1.29 is 0 Å². The highest BCUT2D eigenvalue weighted by Gasteiger charge is 1.79. The maximum Gasteiger partial charge on any atom is -0.0345 e. The average Bonchev–Trinajstić information content (AvgIpc) is 2.10. The largest absolute Gasteiger partial charge is 0.0885 e. The van der Waals surface area contributed by atoms with Gasteiger partial charge < -0.3 is 0 Å². The van der Waals surface area contributed by atoms with Crippen molar-refractivity contribution in [1.29, 1.82) is 0 Å². The Bertz CT molecular complexity index is 140. The summed E-state index contributed by atoms with van der Waals surface area (Å²) in [6.45, 7) is 7.38. The summed E-state index contributed by atoms with van der Waals surface area (Å²) in [6.07, 6.45) is 16.1. The van der Waals surface area contributed by atoms with Crippen LogP contribution in [0.3, 0.4) is 0 Å². The topological polar surface area (TPSA) is 0 Å². The molecule has 0 aliphatic heterocycles. The predicted molar refractivity (Wildman–Crippen MR) is 55.9 cm³/mol. The molecule has 0 unspecified atom stereocenters. The molecular weight excluding hydrogens is 144 g/mol. The van der Waals surface area contributed by atoms with E-state index in [-0.39, 0.29) is 0 Å². The van der Waals surface area contributed by atoms with Crippen LogP contribution in [-0.2, 0) is 0 Å². The van der Waals surface area contributed by atoms with Gasteiger partial charge in [-0.2, -0.15) is 0 Å². The molecule has 67 valence electrons. The first-order chi connectivity index (χ1) is 5.91. The van der Waals surface area contributed by atoms with Crippen LogP contribution in [0.25, 0.3) is 0 Å². The lowest BCUT2D eigenvalue weighted by atomic mass is 10.2. The monoisotopic (exact) mass is 163 g/mol. The van der Waals surface area contributed by atoms with Gasteiger partial charge in [0.25, 0.3) is 0 Å². The van der Waals surface area contributed by atoms with Crippen LogP contribution in [0.15, 0.2) is 30.4 Å². The van der Waals surface area contributed by atoms with Crippen LogP contribution in [0.2, 0.25) is 0 Å². The number of unbranched alkanes of at least 4 members (excludes halogenated alkanes) is 3. The molecule has 0 aliphatic rings. The van der Waals surface area contributed by atoms with Gasteiger partial charge in [-0.25, -0.2) is 0 Å². The summed E-state index contributed by atoms with van der Waals surface area (Å²) < 4.78 is 0. The highest BCUT2D eigenvalue weighted by Crippen LogP contribution is 1.99. The van der Waals surface area contributed by atoms with E-state index < -0.39 is 0 Å². The second-order valence-corrected chi connectivity index (χ2v) is 2.81. The highest BCUT2D eigenvalue weighted by molar-refractivity contribution is 4.95. The molecule has 0 rings (SSSR count). The van der Waals surface area contributed by atoms with E-state index in [2.05, 4.69) is 25.2 Å². The maximum atomic E-state index is 5.18. The molecular formula is C12H19. The van der Waals surface area contributed by atoms with Crippen molar-refractivity contribution >= 4 is 0 Å². The molecule has 0 amide bonds. The van der Waals surface area contributed by atoms with E-state index in [1.54, 1.807) is 6.08 Å². The summed E-state index contributed by atoms with van der Waals surface area (Å²) in [4.78, 5) is 0. The summed E-state index contributed by atoms with van der Waals surface area (Å²) in [5.41, 5.74) is 0. The fourth-order valence-corrected chi connectivity index (χ4v) is 0.931. The second-order valence-electron chi connectivity index (χ2n) is 2.81. The van der Waals surface area contributed by atoms with Crippen LogP contribution < -0.4 is 0 Å². The van der Waals surface area contributed by atoms with E-state index in [0.717, 1.165) is 6.42 Å². The second kappa shape index (κ2) is 10.2. The molecule has 0 aliphatic carbocycles. The van der Waals surface area contributed by atoms with E-state index in [1.807, 2.05) is 6.08 Å². The van der Waals surface area contributed by atoms with Crippen molar-refractivity contribution in [2.45, 2.75) is 39.0 Å². The summed E-state index contributed by atoms with van der Waals surface area (Å²) in [6, 6.07) is 0. The first kappa shape index (κ1) is 11.2. The molecule has 0 aromatic heterocycles. The van der Waals surface area contributed by atoms with E-state index in [9.17, 15) is 0 Å². The van der Waals surface area contributed by atoms with Gasteiger partial charge in [0.05, 0.1) is 0 Å².